The summed E-state index contributed by atoms with van der Waals surface area (Å²) in [7, 11) is 0. The molecule has 0 bridgehead atoms. The molecule has 11 rings (SSSR count). The first-order valence-electron chi connectivity index (χ1n) is 20.1. The van der Waals surface area contributed by atoms with E-state index >= 15 is 0 Å². The number of nitrogens with zero attached hydrogens (tertiary/aromatic N) is 2. The number of aryl methyl sites for hydroxylation is 1. The van der Waals surface area contributed by atoms with Gasteiger partial charge in [0, 0.05) is 32.9 Å². The Morgan fingerprint density at radius 3 is 1.40 bits per heavy atom. The number of rotatable bonds is 6. The number of para-hydroxylation sites is 2. The average Bonchev–Trinajstić information content (AvgIpc) is 3.80. The van der Waals surface area contributed by atoms with Crippen molar-refractivity contribution in [3.8, 4) is 55.9 Å². The van der Waals surface area contributed by atoms with Gasteiger partial charge in [0.15, 0.2) is 0 Å². The highest BCUT2D eigenvalue weighted by molar-refractivity contribution is 6.13. The quantitative estimate of drug-likeness (QED) is 0.161. The summed E-state index contributed by atoms with van der Waals surface area (Å²) in [6.45, 7) is 4.48. The van der Waals surface area contributed by atoms with Crippen LogP contribution in [-0.4, -0.2) is 9.13 Å². The first kappa shape index (κ1) is 33.9. The lowest BCUT2D eigenvalue weighted by atomic mass is 9.90. The van der Waals surface area contributed by atoms with Gasteiger partial charge in [0.1, 0.15) is 0 Å². The molecule has 9 aromatic carbocycles. The summed E-state index contributed by atoms with van der Waals surface area (Å²) in [5.41, 5.74) is 19.5. The number of fused-ring (bicyclic) bond motifs is 6. The lowest BCUT2D eigenvalue weighted by Crippen LogP contribution is -1.99. The fourth-order valence-electron chi connectivity index (χ4n) is 9.22. The molecule has 0 radical (unpaired) electrons. The SMILES string of the molecule is Cc1ccccc1-c1cc(-n2c3ccccc3c3cc(-c4ccc5c(c4)c4ccccc4n5-c4cccc(-c5ccccc5)c4)ccc32)cc(-c2ccccc2)c1C. The van der Waals surface area contributed by atoms with E-state index in [9.17, 15) is 0 Å². The number of benzene rings is 9. The monoisotopic (exact) mass is 740 g/mol. The van der Waals surface area contributed by atoms with Gasteiger partial charge in [-0.2, -0.15) is 0 Å². The Morgan fingerprint density at radius 2 is 0.759 bits per heavy atom. The fourth-order valence-corrected chi connectivity index (χ4v) is 9.22. The van der Waals surface area contributed by atoms with Gasteiger partial charge in [-0.3, -0.25) is 0 Å². The maximum absolute atomic E-state index is 2.46. The van der Waals surface area contributed by atoms with E-state index in [-0.39, 0.29) is 0 Å². The van der Waals surface area contributed by atoms with Crippen LogP contribution in [-0.2, 0) is 0 Å². The molecule has 2 heterocycles. The van der Waals surface area contributed by atoms with Gasteiger partial charge in [-0.05, 0) is 130 Å². The summed E-state index contributed by atoms with van der Waals surface area (Å²) in [5.74, 6) is 0. The first-order chi connectivity index (χ1) is 28.6. The minimum atomic E-state index is 1.16. The third-order valence-electron chi connectivity index (χ3n) is 12.1. The Balaban J connectivity index is 1.08. The van der Waals surface area contributed by atoms with E-state index in [0.717, 1.165) is 11.4 Å². The Morgan fingerprint density at radius 1 is 0.276 bits per heavy atom. The van der Waals surface area contributed by atoms with Crippen molar-refractivity contribution in [2.75, 3.05) is 0 Å². The van der Waals surface area contributed by atoms with E-state index in [2.05, 4.69) is 229 Å². The molecule has 0 N–H and O–H groups in total. The molecule has 58 heavy (non-hydrogen) atoms. The second kappa shape index (κ2) is 13.7. The molecular weight excluding hydrogens is 701 g/mol. The predicted molar refractivity (Wildman–Crippen MR) is 246 cm³/mol. The lowest BCUT2D eigenvalue weighted by molar-refractivity contribution is 1.17. The molecule has 2 nitrogen and oxygen atoms in total. The van der Waals surface area contributed by atoms with Gasteiger partial charge in [-0.25, -0.2) is 0 Å². The number of hydrogen-bond acceptors (Lipinski definition) is 0. The van der Waals surface area contributed by atoms with Crippen LogP contribution in [0.3, 0.4) is 0 Å². The Labute approximate surface area is 338 Å². The van der Waals surface area contributed by atoms with Crippen LogP contribution in [0.2, 0.25) is 0 Å². The zero-order valence-corrected chi connectivity index (χ0v) is 32.5. The van der Waals surface area contributed by atoms with E-state index in [4.69, 9.17) is 0 Å². The second-order valence-corrected chi connectivity index (χ2v) is 15.4. The average molecular weight is 741 g/mol. The summed E-state index contributed by atoms with van der Waals surface area (Å²) in [6.07, 6.45) is 0. The molecule has 0 saturated carbocycles. The van der Waals surface area contributed by atoms with Crippen LogP contribution in [0.5, 0.6) is 0 Å². The van der Waals surface area contributed by atoms with Crippen LogP contribution in [0.4, 0.5) is 0 Å². The molecule has 0 aliphatic carbocycles. The van der Waals surface area contributed by atoms with Gasteiger partial charge in [0.25, 0.3) is 0 Å². The summed E-state index contributed by atoms with van der Waals surface area (Å²) < 4.78 is 4.87. The van der Waals surface area contributed by atoms with Gasteiger partial charge < -0.3 is 9.13 Å². The van der Waals surface area contributed by atoms with Crippen LogP contribution in [0, 0.1) is 13.8 Å². The van der Waals surface area contributed by atoms with Crippen LogP contribution in [0.1, 0.15) is 11.1 Å². The largest absolute Gasteiger partial charge is 0.309 e. The van der Waals surface area contributed by atoms with Gasteiger partial charge in [0.2, 0.25) is 0 Å². The van der Waals surface area contributed by atoms with Crippen LogP contribution < -0.4 is 0 Å². The van der Waals surface area contributed by atoms with Crippen LogP contribution >= 0.6 is 0 Å². The molecule has 0 spiro atoms. The molecule has 0 amide bonds. The molecule has 2 heteroatoms. The van der Waals surface area contributed by atoms with E-state index in [1.54, 1.807) is 0 Å². The minimum Gasteiger partial charge on any atom is -0.309 e. The van der Waals surface area contributed by atoms with Gasteiger partial charge in [-0.15, -0.1) is 0 Å². The first-order valence-corrected chi connectivity index (χ1v) is 20.1. The van der Waals surface area contributed by atoms with Crippen molar-refractivity contribution >= 4 is 43.6 Å². The molecule has 0 saturated heterocycles. The van der Waals surface area contributed by atoms with Crippen molar-refractivity contribution in [1.29, 1.82) is 0 Å². The summed E-state index contributed by atoms with van der Waals surface area (Å²) in [4.78, 5) is 0. The van der Waals surface area contributed by atoms with E-state index < -0.39 is 0 Å². The van der Waals surface area contributed by atoms with Crippen molar-refractivity contribution in [1.82, 2.24) is 9.13 Å². The molecule has 0 aliphatic heterocycles. The summed E-state index contributed by atoms with van der Waals surface area (Å²) >= 11 is 0. The summed E-state index contributed by atoms with van der Waals surface area (Å²) in [6, 6.07) is 75.5. The smallest absolute Gasteiger partial charge is 0.0541 e. The molecule has 0 aliphatic rings. The number of aromatic nitrogens is 2. The molecule has 0 unspecified atom stereocenters. The van der Waals surface area contributed by atoms with E-state index in [1.165, 1.54) is 99.2 Å². The zero-order valence-electron chi connectivity index (χ0n) is 32.5. The third-order valence-corrected chi connectivity index (χ3v) is 12.1. The topological polar surface area (TPSA) is 9.86 Å². The molecule has 11 aromatic rings. The molecule has 2 aromatic heterocycles. The van der Waals surface area contributed by atoms with Crippen molar-refractivity contribution in [3.05, 3.63) is 217 Å². The van der Waals surface area contributed by atoms with Crippen LogP contribution in [0.15, 0.2) is 206 Å². The van der Waals surface area contributed by atoms with Crippen molar-refractivity contribution in [3.63, 3.8) is 0 Å². The second-order valence-electron chi connectivity index (χ2n) is 15.4. The van der Waals surface area contributed by atoms with E-state index in [0.29, 0.717) is 0 Å². The molecule has 274 valence electrons. The van der Waals surface area contributed by atoms with Crippen molar-refractivity contribution < 1.29 is 0 Å². The Hall–Kier alpha value is -7.42. The highest BCUT2D eigenvalue weighted by atomic mass is 15.0. The van der Waals surface area contributed by atoms with Gasteiger partial charge in [0.05, 0.1) is 22.1 Å². The van der Waals surface area contributed by atoms with Crippen LogP contribution in [0.25, 0.3) is 99.5 Å². The standard InChI is InChI=1S/C56H40N2/c1-37-16-9-10-23-46(37)50-36-45(35-49(38(50)2)40-19-7-4-8-20-40)58-54-27-14-12-25-48(54)52-34-43(29-31-56(52)58)42-28-30-55-51(33-42)47-24-11-13-26-53(47)57(55)44-22-15-21-41(32-44)39-17-5-3-6-18-39/h3-36H,1-2H3. The van der Waals surface area contributed by atoms with Crippen molar-refractivity contribution in [2.24, 2.45) is 0 Å². The Kier molecular flexibility index (Phi) is 7.97. The third kappa shape index (κ3) is 5.49. The highest BCUT2D eigenvalue weighted by Gasteiger charge is 2.19. The van der Waals surface area contributed by atoms with Gasteiger partial charge >= 0.3 is 0 Å². The zero-order chi connectivity index (χ0) is 38.7. The minimum absolute atomic E-state index is 1.16. The predicted octanol–water partition coefficient (Wildman–Crippen LogP) is 15.2. The molecule has 0 fully saturated rings. The normalized spacial score (nSPS) is 11.6. The number of hydrogen-bond donors (Lipinski definition) is 0. The molecule has 0 atom stereocenters. The maximum Gasteiger partial charge on any atom is 0.0541 e. The van der Waals surface area contributed by atoms with Gasteiger partial charge in [-0.1, -0.05) is 146 Å². The van der Waals surface area contributed by atoms with E-state index in [1.807, 2.05) is 0 Å². The lowest BCUT2D eigenvalue weighted by Gasteiger charge is -2.18. The summed E-state index contributed by atoms with van der Waals surface area (Å²) in [5, 5.41) is 4.99. The molecular formula is C56H40N2. The van der Waals surface area contributed by atoms with Crippen molar-refractivity contribution in [2.45, 2.75) is 13.8 Å². The fraction of sp³-hybridized carbons (Fsp3) is 0.0357. The highest BCUT2D eigenvalue weighted by Crippen LogP contribution is 2.41. The Bertz CT molecular complexity index is 3350. The maximum atomic E-state index is 2.46.